The van der Waals surface area contributed by atoms with Gasteiger partial charge in [-0.05, 0) is 25.3 Å². The van der Waals surface area contributed by atoms with Gasteiger partial charge in [-0.15, -0.1) is 21.5 Å². The standard InChI is InChI=1S/C20H25N3O3S/c1-2-26-19(25)11-10-18(24)23-12-6-9-16(14-23)20-22-21-17(27-20)13-15-7-4-3-5-8-15/h3-5,7-8,16H,2,6,9-14H2,1H3/t16-/m0/s1. The highest BCUT2D eigenvalue weighted by Gasteiger charge is 2.27. The summed E-state index contributed by atoms with van der Waals surface area (Å²) in [5.41, 5.74) is 1.22. The van der Waals surface area contributed by atoms with Crippen molar-refractivity contribution in [2.75, 3.05) is 19.7 Å². The first kappa shape index (κ1) is 19.5. The van der Waals surface area contributed by atoms with E-state index in [1.165, 1.54) is 5.56 Å². The maximum atomic E-state index is 12.4. The number of carbonyl (C=O) groups is 2. The summed E-state index contributed by atoms with van der Waals surface area (Å²) in [5, 5.41) is 10.7. The van der Waals surface area contributed by atoms with E-state index in [2.05, 4.69) is 22.3 Å². The zero-order valence-electron chi connectivity index (χ0n) is 15.6. The molecule has 0 unspecified atom stereocenters. The van der Waals surface area contributed by atoms with E-state index in [1.54, 1.807) is 18.3 Å². The molecule has 27 heavy (non-hydrogen) atoms. The Bertz CT molecular complexity index is 763. The molecule has 0 saturated carbocycles. The summed E-state index contributed by atoms with van der Waals surface area (Å²) in [6.45, 7) is 3.51. The first-order valence-corrected chi connectivity index (χ1v) is 10.3. The van der Waals surface area contributed by atoms with E-state index < -0.39 is 0 Å². The van der Waals surface area contributed by atoms with Gasteiger partial charge in [0.15, 0.2) is 0 Å². The molecule has 0 aliphatic carbocycles. The third kappa shape index (κ3) is 5.60. The number of hydrogen-bond donors (Lipinski definition) is 0. The van der Waals surface area contributed by atoms with Crippen molar-refractivity contribution in [2.24, 2.45) is 0 Å². The molecule has 1 fully saturated rings. The summed E-state index contributed by atoms with van der Waals surface area (Å²) >= 11 is 1.64. The van der Waals surface area contributed by atoms with E-state index in [1.807, 2.05) is 23.1 Å². The Labute approximate surface area is 163 Å². The Morgan fingerprint density at radius 3 is 2.81 bits per heavy atom. The molecule has 0 bridgehead atoms. The number of hydrogen-bond acceptors (Lipinski definition) is 6. The van der Waals surface area contributed by atoms with Gasteiger partial charge in [0.25, 0.3) is 0 Å². The zero-order valence-corrected chi connectivity index (χ0v) is 16.4. The molecular formula is C20H25N3O3S. The Hall–Kier alpha value is -2.28. The summed E-state index contributed by atoms with van der Waals surface area (Å²) in [5.74, 6) is -0.0665. The summed E-state index contributed by atoms with van der Waals surface area (Å²) < 4.78 is 4.90. The highest BCUT2D eigenvalue weighted by molar-refractivity contribution is 7.11. The first-order chi connectivity index (χ1) is 13.2. The average molecular weight is 388 g/mol. The second kappa shape index (κ2) is 9.60. The van der Waals surface area contributed by atoms with E-state index in [4.69, 9.17) is 4.74 Å². The van der Waals surface area contributed by atoms with Gasteiger partial charge in [0, 0.05) is 31.8 Å². The fourth-order valence-electron chi connectivity index (χ4n) is 3.28. The van der Waals surface area contributed by atoms with Crippen LogP contribution in [0.5, 0.6) is 0 Å². The van der Waals surface area contributed by atoms with E-state index in [9.17, 15) is 9.59 Å². The third-order valence-corrected chi connectivity index (χ3v) is 5.74. The quantitative estimate of drug-likeness (QED) is 0.682. The van der Waals surface area contributed by atoms with Gasteiger partial charge in [0.1, 0.15) is 10.0 Å². The molecule has 1 saturated heterocycles. The van der Waals surface area contributed by atoms with Gasteiger partial charge in [-0.25, -0.2) is 0 Å². The molecule has 2 aromatic rings. The lowest BCUT2D eigenvalue weighted by Gasteiger charge is -2.31. The Morgan fingerprint density at radius 2 is 2.04 bits per heavy atom. The highest BCUT2D eigenvalue weighted by Crippen LogP contribution is 2.30. The maximum Gasteiger partial charge on any atom is 0.306 e. The van der Waals surface area contributed by atoms with Crippen LogP contribution in [0.1, 0.15) is 54.1 Å². The lowest BCUT2D eigenvalue weighted by atomic mass is 9.98. The van der Waals surface area contributed by atoms with Crippen molar-refractivity contribution >= 4 is 23.2 Å². The maximum absolute atomic E-state index is 12.4. The van der Waals surface area contributed by atoms with Crippen LogP contribution in [0, 0.1) is 0 Å². The third-order valence-electron chi connectivity index (χ3n) is 4.65. The minimum absolute atomic E-state index is 0.0155. The van der Waals surface area contributed by atoms with E-state index in [-0.39, 0.29) is 30.6 Å². The highest BCUT2D eigenvalue weighted by atomic mass is 32.1. The number of amides is 1. The normalized spacial score (nSPS) is 16.9. The van der Waals surface area contributed by atoms with Gasteiger partial charge in [-0.1, -0.05) is 30.3 Å². The Morgan fingerprint density at radius 1 is 1.22 bits per heavy atom. The fourth-order valence-corrected chi connectivity index (χ4v) is 4.28. The monoisotopic (exact) mass is 387 g/mol. The van der Waals surface area contributed by atoms with Crippen LogP contribution in [0.4, 0.5) is 0 Å². The smallest absolute Gasteiger partial charge is 0.306 e. The largest absolute Gasteiger partial charge is 0.466 e. The molecular weight excluding hydrogens is 362 g/mol. The number of nitrogens with zero attached hydrogens (tertiary/aromatic N) is 3. The van der Waals surface area contributed by atoms with Crippen molar-refractivity contribution in [2.45, 2.75) is 44.9 Å². The van der Waals surface area contributed by atoms with Crippen molar-refractivity contribution in [1.82, 2.24) is 15.1 Å². The van der Waals surface area contributed by atoms with Crippen LogP contribution in [0.3, 0.4) is 0 Å². The Kier molecular flexibility index (Phi) is 6.92. The lowest BCUT2D eigenvalue weighted by molar-refractivity contribution is -0.145. The van der Waals surface area contributed by atoms with Crippen LogP contribution in [-0.2, 0) is 20.7 Å². The lowest BCUT2D eigenvalue weighted by Crippen LogP contribution is -2.39. The van der Waals surface area contributed by atoms with Gasteiger partial charge in [-0.2, -0.15) is 0 Å². The van der Waals surface area contributed by atoms with Gasteiger partial charge >= 0.3 is 5.97 Å². The van der Waals surface area contributed by atoms with Crippen molar-refractivity contribution in [3.05, 3.63) is 45.9 Å². The zero-order chi connectivity index (χ0) is 19.1. The summed E-state index contributed by atoms with van der Waals surface area (Å²) in [7, 11) is 0. The number of likely N-dealkylation sites (tertiary alicyclic amines) is 1. The number of benzene rings is 1. The molecule has 144 valence electrons. The predicted molar refractivity (Wildman–Crippen MR) is 104 cm³/mol. The molecule has 0 radical (unpaired) electrons. The second-order valence-electron chi connectivity index (χ2n) is 6.68. The van der Waals surface area contributed by atoms with Crippen LogP contribution in [0.25, 0.3) is 0 Å². The number of esters is 1. The first-order valence-electron chi connectivity index (χ1n) is 9.45. The van der Waals surface area contributed by atoms with Gasteiger partial charge in [-0.3, -0.25) is 9.59 Å². The molecule has 0 spiro atoms. The van der Waals surface area contributed by atoms with Gasteiger partial charge < -0.3 is 9.64 Å². The molecule has 1 aromatic carbocycles. The predicted octanol–water partition coefficient (Wildman–Crippen LogP) is 3.18. The van der Waals surface area contributed by atoms with Crippen molar-refractivity contribution in [1.29, 1.82) is 0 Å². The van der Waals surface area contributed by atoms with Crippen molar-refractivity contribution in [3.63, 3.8) is 0 Å². The molecule has 3 rings (SSSR count). The number of carbonyl (C=O) groups excluding carboxylic acids is 2. The second-order valence-corrected chi connectivity index (χ2v) is 7.77. The minimum Gasteiger partial charge on any atom is -0.466 e. The summed E-state index contributed by atoms with van der Waals surface area (Å²) in [4.78, 5) is 25.7. The summed E-state index contributed by atoms with van der Waals surface area (Å²) in [6.07, 6.45) is 3.10. The summed E-state index contributed by atoms with van der Waals surface area (Å²) in [6, 6.07) is 10.2. The van der Waals surface area contributed by atoms with Crippen LogP contribution in [-0.4, -0.2) is 46.7 Å². The topological polar surface area (TPSA) is 72.4 Å². The molecule has 1 aromatic heterocycles. The molecule has 7 heteroatoms. The number of piperidine rings is 1. The van der Waals surface area contributed by atoms with E-state index in [0.717, 1.165) is 35.8 Å². The van der Waals surface area contributed by atoms with Crippen LogP contribution >= 0.6 is 11.3 Å². The van der Waals surface area contributed by atoms with E-state index >= 15 is 0 Å². The molecule has 0 N–H and O–H groups in total. The van der Waals surface area contributed by atoms with Crippen molar-refractivity contribution < 1.29 is 14.3 Å². The van der Waals surface area contributed by atoms with Gasteiger partial charge in [0.05, 0.1) is 13.0 Å². The Balaban J connectivity index is 1.55. The van der Waals surface area contributed by atoms with E-state index in [0.29, 0.717) is 13.2 Å². The number of ether oxygens (including phenoxy) is 1. The SMILES string of the molecule is CCOC(=O)CCC(=O)N1CCC[C@H](c2nnc(Cc3ccccc3)s2)C1. The van der Waals surface area contributed by atoms with Crippen LogP contribution in [0.15, 0.2) is 30.3 Å². The molecule has 2 heterocycles. The molecule has 6 nitrogen and oxygen atoms in total. The number of aromatic nitrogens is 2. The minimum atomic E-state index is -0.311. The molecule has 1 aliphatic rings. The average Bonchev–Trinajstić information content (AvgIpc) is 3.16. The van der Waals surface area contributed by atoms with Gasteiger partial charge in [0.2, 0.25) is 5.91 Å². The van der Waals surface area contributed by atoms with Crippen molar-refractivity contribution in [3.8, 4) is 0 Å². The van der Waals surface area contributed by atoms with Crippen LogP contribution < -0.4 is 0 Å². The number of rotatable bonds is 7. The molecule has 1 aliphatic heterocycles. The molecule has 1 atom stereocenters. The molecule has 1 amide bonds. The van der Waals surface area contributed by atoms with Crippen LogP contribution in [0.2, 0.25) is 0 Å². The fraction of sp³-hybridized carbons (Fsp3) is 0.500.